The Hall–Kier alpha value is -3.13. The molecule has 0 atom stereocenters. The Morgan fingerprint density at radius 1 is 1.17 bits per heavy atom. The zero-order chi connectivity index (χ0) is 21.1. The molecule has 8 heteroatoms. The molecule has 0 saturated carbocycles. The third kappa shape index (κ3) is 4.09. The van der Waals surface area contributed by atoms with Gasteiger partial charge in [0.15, 0.2) is 11.0 Å². The van der Waals surface area contributed by atoms with Gasteiger partial charge < -0.3 is 14.8 Å². The molecule has 0 spiro atoms. The van der Waals surface area contributed by atoms with Crippen molar-refractivity contribution in [2.75, 3.05) is 22.5 Å². The van der Waals surface area contributed by atoms with Gasteiger partial charge in [-0.1, -0.05) is 54.6 Å². The van der Waals surface area contributed by atoms with Crippen LogP contribution in [-0.2, 0) is 16.1 Å². The van der Waals surface area contributed by atoms with Gasteiger partial charge in [0.2, 0.25) is 11.8 Å². The smallest absolute Gasteiger partial charge is 0.244 e. The average molecular weight is 422 g/mol. The Morgan fingerprint density at radius 2 is 2.00 bits per heavy atom. The maximum Gasteiger partial charge on any atom is 0.244 e. The molecule has 4 rings (SSSR count). The van der Waals surface area contributed by atoms with Gasteiger partial charge in [-0.2, -0.15) is 0 Å². The van der Waals surface area contributed by atoms with Crippen LogP contribution >= 0.6 is 11.8 Å². The summed E-state index contributed by atoms with van der Waals surface area (Å²) in [5, 5.41) is 12.2. The Labute approximate surface area is 179 Å². The molecule has 2 heterocycles. The lowest BCUT2D eigenvalue weighted by molar-refractivity contribution is -0.120. The number of amides is 2. The number of hydrogen-bond acceptors (Lipinski definition) is 5. The maximum absolute atomic E-state index is 12.9. The van der Waals surface area contributed by atoms with Gasteiger partial charge in [-0.3, -0.25) is 9.59 Å². The van der Waals surface area contributed by atoms with Gasteiger partial charge in [0, 0.05) is 12.1 Å². The summed E-state index contributed by atoms with van der Waals surface area (Å²) in [6.07, 6.45) is 0.929. The van der Waals surface area contributed by atoms with Crippen LogP contribution < -0.4 is 10.2 Å². The number of carbonyl (C=O) groups excluding carboxylic acids is 2. The van der Waals surface area contributed by atoms with E-state index in [1.807, 2.05) is 43.3 Å². The monoisotopic (exact) mass is 421 g/mol. The third-order valence-corrected chi connectivity index (χ3v) is 5.79. The number of thioether (sulfide) groups is 1. The second kappa shape index (κ2) is 8.71. The summed E-state index contributed by atoms with van der Waals surface area (Å²) < 4.78 is 2.06. The molecular formula is C22H23N5O2S. The molecule has 0 saturated heterocycles. The van der Waals surface area contributed by atoms with E-state index >= 15 is 0 Å². The molecule has 1 aliphatic rings. The minimum Gasteiger partial charge on any atom is -0.323 e. The lowest BCUT2D eigenvalue weighted by Crippen LogP contribution is -2.43. The van der Waals surface area contributed by atoms with E-state index in [4.69, 9.17) is 0 Å². The summed E-state index contributed by atoms with van der Waals surface area (Å²) in [6, 6.07) is 15.5. The molecule has 2 aromatic carbocycles. The number of carbonyl (C=O) groups is 2. The number of benzene rings is 2. The van der Waals surface area contributed by atoms with Crippen molar-refractivity contribution in [2.24, 2.45) is 0 Å². The molecule has 0 bridgehead atoms. The van der Waals surface area contributed by atoms with Crippen LogP contribution in [0, 0.1) is 6.92 Å². The number of aromatic nitrogens is 3. The van der Waals surface area contributed by atoms with E-state index in [0.717, 1.165) is 35.6 Å². The first kappa shape index (κ1) is 20.2. The first-order valence-corrected chi connectivity index (χ1v) is 10.9. The van der Waals surface area contributed by atoms with Gasteiger partial charge in [0.25, 0.3) is 0 Å². The van der Waals surface area contributed by atoms with Crippen LogP contribution in [0.5, 0.6) is 0 Å². The van der Waals surface area contributed by atoms with Gasteiger partial charge in [-0.05, 0) is 31.5 Å². The molecule has 154 valence electrons. The average Bonchev–Trinajstić information content (AvgIpc) is 3.14. The Bertz CT molecular complexity index is 1090. The second-order valence-corrected chi connectivity index (χ2v) is 8.10. The lowest BCUT2D eigenvalue weighted by atomic mass is 10.1. The zero-order valence-electron chi connectivity index (χ0n) is 17.0. The molecule has 1 aromatic heterocycles. The molecule has 30 heavy (non-hydrogen) atoms. The van der Waals surface area contributed by atoms with Crippen LogP contribution in [0.15, 0.2) is 53.7 Å². The first-order valence-electron chi connectivity index (χ1n) is 9.89. The highest BCUT2D eigenvalue weighted by Crippen LogP contribution is 2.30. The van der Waals surface area contributed by atoms with Crippen LogP contribution in [0.3, 0.4) is 0 Å². The zero-order valence-corrected chi connectivity index (χ0v) is 17.8. The molecule has 0 radical (unpaired) electrons. The number of hydrogen-bond donors (Lipinski definition) is 1. The molecule has 1 aliphatic heterocycles. The highest BCUT2D eigenvalue weighted by molar-refractivity contribution is 7.99. The molecule has 0 fully saturated rings. The highest BCUT2D eigenvalue weighted by atomic mass is 32.2. The number of fused-ring (bicyclic) bond motifs is 1. The van der Waals surface area contributed by atoms with Crippen molar-refractivity contribution in [1.82, 2.24) is 14.8 Å². The Kier molecular flexibility index (Phi) is 5.85. The summed E-state index contributed by atoms with van der Waals surface area (Å²) in [7, 11) is 0. The molecule has 0 aliphatic carbocycles. The topological polar surface area (TPSA) is 80.1 Å². The quantitative estimate of drug-likeness (QED) is 0.614. The van der Waals surface area contributed by atoms with E-state index < -0.39 is 0 Å². The van der Waals surface area contributed by atoms with E-state index in [9.17, 15) is 9.59 Å². The Morgan fingerprint density at radius 3 is 2.80 bits per heavy atom. The van der Waals surface area contributed by atoms with Crippen LogP contribution in [0.1, 0.15) is 18.9 Å². The lowest BCUT2D eigenvalue weighted by Gasteiger charge is -2.29. The number of rotatable bonds is 6. The summed E-state index contributed by atoms with van der Waals surface area (Å²) in [6.45, 7) is 4.93. The van der Waals surface area contributed by atoms with Crippen molar-refractivity contribution in [1.29, 1.82) is 0 Å². The molecule has 2 amide bonds. The normalized spacial score (nSPS) is 13.1. The van der Waals surface area contributed by atoms with Crippen LogP contribution in [0.2, 0.25) is 0 Å². The van der Waals surface area contributed by atoms with Gasteiger partial charge in [0.05, 0.1) is 17.1 Å². The number of para-hydroxylation sites is 2. The SMILES string of the molecule is CCCn1c(SCC(=O)N2CC(=O)Nc3ccccc32)nnc1-c1cccc(C)c1. The van der Waals surface area contributed by atoms with Gasteiger partial charge in [-0.25, -0.2) is 0 Å². The van der Waals surface area contributed by atoms with Gasteiger partial charge in [0.1, 0.15) is 6.54 Å². The first-order chi connectivity index (χ1) is 14.6. The second-order valence-electron chi connectivity index (χ2n) is 7.16. The van der Waals surface area contributed by atoms with Gasteiger partial charge >= 0.3 is 0 Å². The van der Waals surface area contributed by atoms with Crippen LogP contribution in [0.25, 0.3) is 11.4 Å². The molecule has 0 unspecified atom stereocenters. The fraction of sp³-hybridized carbons (Fsp3) is 0.273. The summed E-state index contributed by atoms with van der Waals surface area (Å²) in [4.78, 5) is 26.5. The number of anilines is 2. The number of aryl methyl sites for hydroxylation is 1. The minimum absolute atomic E-state index is 0.0204. The number of nitrogens with zero attached hydrogens (tertiary/aromatic N) is 4. The van der Waals surface area contributed by atoms with E-state index in [2.05, 4.69) is 33.1 Å². The predicted octanol–water partition coefficient (Wildman–Crippen LogP) is 3.74. The Balaban J connectivity index is 1.54. The van der Waals surface area contributed by atoms with Crippen molar-refractivity contribution in [3.8, 4) is 11.4 Å². The van der Waals surface area contributed by atoms with Crippen molar-refractivity contribution in [3.05, 3.63) is 54.1 Å². The molecule has 7 nitrogen and oxygen atoms in total. The summed E-state index contributed by atoms with van der Waals surface area (Å²) >= 11 is 1.35. The standard InChI is InChI=1S/C22H23N5O2S/c1-3-11-26-21(16-8-6-7-15(2)12-16)24-25-22(26)30-14-20(29)27-13-19(28)23-17-9-4-5-10-18(17)27/h4-10,12H,3,11,13-14H2,1-2H3,(H,23,28). The highest BCUT2D eigenvalue weighted by Gasteiger charge is 2.27. The fourth-order valence-corrected chi connectivity index (χ4v) is 4.32. The van der Waals surface area contributed by atoms with Crippen molar-refractivity contribution in [3.63, 3.8) is 0 Å². The van der Waals surface area contributed by atoms with E-state index in [1.54, 1.807) is 6.07 Å². The van der Waals surface area contributed by atoms with Gasteiger partial charge in [-0.15, -0.1) is 10.2 Å². The maximum atomic E-state index is 12.9. The van der Waals surface area contributed by atoms with E-state index in [1.165, 1.54) is 16.7 Å². The van der Waals surface area contributed by atoms with Crippen LogP contribution in [0.4, 0.5) is 11.4 Å². The van der Waals surface area contributed by atoms with Crippen molar-refractivity contribution in [2.45, 2.75) is 32.0 Å². The molecular weight excluding hydrogens is 398 g/mol. The largest absolute Gasteiger partial charge is 0.323 e. The fourth-order valence-electron chi connectivity index (χ4n) is 3.48. The summed E-state index contributed by atoms with van der Waals surface area (Å²) in [5.74, 6) is 0.656. The van der Waals surface area contributed by atoms with E-state index in [0.29, 0.717) is 10.8 Å². The summed E-state index contributed by atoms with van der Waals surface area (Å²) in [5.41, 5.74) is 3.54. The molecule has 1 N–H and O–H groups in total. The van der Waals surface area contributed by atoms with E-state index in [-0.39, 0.29) is 24.1 Å². The van der Waals surface area contributed by atoms with Crippen molar-refractivity contribution < 1.29 is 9.59 Å². The number of nitrogens with one attached hydrogen (secondary N) is 1. The van der Waals surface area contributed by atoms with Crippen LogP contribution in [-0.4, -0.2) is 38.9 Å². The predicted molar refractivity (Wildman–Crippen MR) is 119 cm³/mol. The minimum atomic E-state index is -0.192. The third-order valence-electron chi connectivity index (χ3n) is 4.84. The molecule has 3 aromatic rings. The van der Waals surface area contributed by atoms with Crippen molar-refractivity contribution >= 4 is 35.0 Å².